The summed E-state index contributed by atoms with van der Waals surface area (Å²) in [7, 11) is 1.93. The molecule has 4 heteroatoms. The van der Waals surface area contributed by atoms with Crippen molar-refractivity contribution in [2.75, 3.05) is 5.43 Å². The second-order valence-corrected chi connectivity index (χ2v) is 4.62. The molecule has 1 amide bonds. The molecule has 0 spiro atoms. The standard InChI is InChI=1S/C16H15N3O/c1-19-11-14(13-9-5-6-10-15(13)19)16(20)18-17-12-7-3-2-4-8-12/h2-11,17H,1H3,(H,18,20). The predicted molar refractivity (Wildman–Crippen MR) is 80.4 cm³/mol. The summed E-state index contributed by atoms with van der Waals surface area (Å²) in [5, 5.41) is 0.947. The van der Waals surface area contributed by atoms with Gasteiger partial charge in [-0.2, -0.15) is 0 Å². The van der Waals surface area contributed by atoms with Crippen molar-refractivity contribution in [2.45, 2.75) is 0 Å². The fourth-order valence-electron chi connectivity index (χ4n) is 2.24. The number of nitrogens with one attached hydrogen (secondary N) is 2. The first-order valence-electron chi connectivity index (χ1n) is 6.41. The molecule has 0 aliphatic carbocycles. The number of carbonyl (C=O) groups is 1. The molecular formula is C16H15N3O. The SMILES string of the molecule is Cn1cc(C(=O)NNc2ccccc2)c2ccccc21. The van der Waals surface area contributed by atoms with Crippen LogP contribution in [0.25, 0.3) is 10.9 Å². The second-order valence-electron chi connectivity index (χ2n) is 4.62. The van der Waals surface area contributed by atoms with Crippen molar-refractivity contribution in [3.63, 3.8) is 0 Å². The van der Waals surface area contributed by atoms with E-state index in [0.29, 0.717) is 5.56 Å². The van der Waals surface area contributed by atoms with Gasteiger partial charge >= 0.3 is 0 Å². The summed E-state index contributed by atoms with van der Waals surface area (Å²) in [5.41, 5.74) is 8.17. The number of hydrogen-bond donors (Lipinski definition) is 2. The fraction of sp³-hybridized carbons (Fsp3) is 0.0625. The Balaban J connectivity index is 1.83. The number of para-hydroxylation sites is 2. The molecule has 0 radical (unpaired) electrons. The minimum Gasteiger partial charge on any atom is -0.350 e. The van der Waals surface area contributed by atoms with Crippen molar-refractivity contribution in [1.82, 2.24) is 9.99 Å². The Kier molecular flexibility index (Phi) is 3.13. The molecule has 0 bridgehead atoms. The summed E-state index contributed by atoms with van der Waals surface area (Å²) in [6.07, 6.45) is 1.84. The minimum absolute atomic E-state index is 0.148. The maximum Gasteiger partial charge on any atom is 0.271 e. The topological polar surface area (TPSA) is 46.1 Å². The molecule has 1 heterocycles. The number of fused-ring (bicyclic) bond motifs is 1. The van der Waals surface area contributed by atoms with Crippen molar-refractivity contribution >= 4 is 22.5 Å². The molecule has 1 aromatic heterocycles. The number of aryl methyl sites for hydroxylation is 1. The predicted octanol–water partition coefficient (Wildman–Crippen LogP) is 2.94. The van der Waals surface area contributed by atoms with Crippen LogP contribution in [-0.2, 0) is 7.05 Å². The molecule has 0 fully saturated rings. The summed E-state index contributed by atoms with van der Waals surface area (Å²) < 4.78 is 1.95. The first kappa shape index (κ1) is 12.3. The van der Waals surface area contributed by atoms with Gasteiger partial charge in [0.1, 0.15) is 0 Å². The van der Waals surface area contributed by atoms with E-state index in [4.69, 9.17) is 0 Å². The number of amides is 1. The Morgan fingerprint density at radius 2 is 1.70 bits per heavy atom. The number of anilines is 1. The van der Waals surface area contributed by atoms with E-state index < -0.39 is 0 Å². The monoisotopic (exact) mass is 265 g/mol. The summed E-state index contributed by atoms with van der Waals surface area (Å²) in [6, 6.07) is 17.4. The Labute approximate surface area is 117 Å². The average Bonchev–Trinajstić information content (AvgIpc) is 2.84. The van der Waals surface area contributed by atoms with Crippen molar-refractivity contribution < 1.29 is 4.79 Å². The Bertz CT molecular complexity index is 747. The van der Waals surface area contributed by atoms with Gasteiger partial charge in [-0.25, -0.2) is 0 Å². The van der Waals surface area contributed by atoms with Gasteiger partial charge in [-0.15, -0.1) is 0 Å². The van der Waals surface area contributed by atoms with Crippen LogP contribution in [0, 0.1) is 0 Å². The highest BCUT2D eigenvalue weighted by atomic mass is 16.2. The zero-order valence-electron chi connectivity index (χ0n) is 11.1. The van der Waals surface area contributed by atoms with Crippen LogP contribution in [0.15, 0.2) is 60.8 Å². The normalized spacial score (nSPS) is 10.4. The molecule has 100 valence electrons. The lowest BCUT2D eigenvalue weighted by Crippen LogP contribution is -2.29. The van der Waals surface area contributed by atoms with Gasteiger partial charge < -0.3 is 4.57 Å². The van der Waals surface area contributed by atoms with Crippen molar-refractivity contribution in [1.29, 1.82) is 0 Å². The number of hydrazine groups is 1. The second kappa shape index (κ2) is 5.09. The van der Waals surface area contributed by atoms with E-state index in [-0.39, 0.29) is 5.91 Å². The van der Waals surface area contributed by atoms with Gasteiger partial charge in [-0.1, -0.05) is 36.4 Å². The number of aromatic nitrogens is 1. The first-order chi connectivity index (χ1) is 9.75. The molecule has 2 aromatic carbocycles. The van der Waals surface area contributed by atoms with E-state index >= 15 is 0 Å². The van der Waals surface area contributed by atoms with Crippen molar-refractivity contribution in [2.24, 2.45) is 7.05 Å². The summed E-state index contributed by atoms with van der Waals surface area (Å²) in [4.78, 5) is 12.3. The van der Waals surface area contributed by atoms with Crippen LogP contribution in [0.4, 0.5) is 5.69 Å². The van der Waals surface area contributed by atoms with Crippen molar-refractivity contribution in [3.05, 3.63) is 66.4 Å². The molecule has 3 rings (SSSR count). The molecule has 0 aliphatic rings. The largest absolute Gasteiger partial charge is 0.350 e. The van der Waals surface area contributed by atoms with Crippen LogP contribution in [0.2, 0.25) is 0 Å². The van der Waals surface area contributed by atoms with Crippen LogP contribution >= 0.6 is 0 Å². The van der Waals surface area contributed by atoms with E-state index in [1.54, 1.807) is 0 Å². The van der Waals surface area contributed by atoms with E-state index in [9.17, 15) is 4.79 Å². The number of nitrogens with zero attached hydrogens (tertiary/aromatic N) is 1. The molecule has 0 saturated heterocycles. The third-order valence-electron chi connectivity index (χ3n) is 3.24. The van der Waals surface area contributed by atoms with Crippen LogP contribution in [0.1, 0.15) is 10.4 Å². The zero-order valence-corrected chi connectivity index (χ0v) is 11.1. The molecule has 20 heavy (non-hydrogen) atoms. The Morgan fingerprint density at radius 3 is 2.50 bits per heavy atom. The Morgan fingerprint density at radius 1 is 1.00 bits per heavy atom. The molecule has 0 unspecified atom stereocenters. The van der Waals surface area contributed by atoms with Gasteiger partial charge in [-0.05, 0) is 18.2 Å². The lowest BCUT2D eigenvalue weighted by atomic mass is 10.2. The summed E-state index contributed by atoms with van der Waals surface area (Å²) in [5.74, 6) is -0.148. The molecule has 0 atom stereocenters. The molecular weight excluding hydrogens is 250 g/mol. The number of rotatable bonds is 3. The van der Waals surface area contributed by atoms with Gasteiger partial charge in [0, 0.05) is 24.1 Å². The fourth-order valence-corrected chi connectivity index (χ4v) is 2.24. The van der Waals surface area contributed by atoms with Gasteiger partial charge in [0.2, 0.25) is 0 Å². The lowest BCUT2D eigenvalue weighted by molar-refractivity contribution is 0.0964. The maximum atomic E-state index is 12.3. The van der Waals surface area contributed by atoms with Gasteiger partial charge in [0.05, 0.1) is 11.3 Å². The van der Waals surface area contributed by atoms with Gasteiger partial charge in [0.25, 0.3) is 5.91 Å². The third kappa shape index (κ3) is 2.23. The molecule has 0 aliphatic heterocycles. The number of hydrogen-bond acceptors (Lipinski definition) is 2. The van der Waals surface area contributed by atoms with Crippen LogP contribution in [-0.4, -0.2) is 10.5 Å². The molecule has 3 aromatic rings. The lowest BCUT2D eigenvalue weighted by Gasteiger charge is -2.07. The van der Waals surface area contributed by atoms with E-state index in [0.717, 1.165) is 16.6 Å². The number of benzene rings is 2. The van der Waals surface area contributed by atoms with E-state index in [1.165, 1.54) is 0 Å². The van der Waals surface area contributed by atoms with Gasteiger partial charge in [0.15, 0.2) is 0 Å². The maximum absolute atomic E-state index is 12.3. The van der Waals surface area contributed by atoms with E-state index in [2.05, 4.69) is 10.9 Å². The van der Waals surface area contributed by atoms with Crippen LogP contribution in [0.3, 0.4) is 0 Å². The first-order valence-corrected chi connectivity index (χ1v) is 6.41. The van der Waals surface area contributed by atoms with Crippen LogP contribution in [0.5, 0.6) is 0 Å². The highest BCUT2D eigenvalue weighted by Gasteiger charge is 2.12. The summed E-state index contributed by atoms with van der Waals surface area (Å²) >= 11 is 0. The highest BCUT2D eigenvalue weighted by Crippen LogP contribution is 2.20. The number of carbonyl (C=O) groups excluding carboxylic acids is 1. The summed E-state index contributed by atoms with van der Waals surface area (Å²) in [6.45, 7) is 0. The Hall–Kier alpha value is -2.75. The quantitative estimate of drug-likeness (QED) is 0.715. The smallest absolute Gasteiger partial charge is 0.271 e. The van der Waals surface area contributed by atoms with Gasteiger partial charge in [-0.3, -0.25) is 15.6 Å². The molecule has 2 N–H and O–H groups in total. The minimum atomic E-state index is -0.148. The third-order valence-corrected chi connectivity index (χ3v) is 3.24. The van der Waals surface area contributed by atoms with Crippen molar-refractivity contribution in [3.8, 4) is 0 Å². The highest BCUT2D eigenvalue weighted by molar-refractivity contribution is 6.07. The van der Waals surface area contributed by atoms with E-state index in [1.807, 2.05) is 72.4 Å². The molecule has 4 nitrogen and oxygen atoms in total. The zero-order chi connectivity index (χ0) is 13.9. The van der Waals surface area contributed by atoms with Crippen LogP contribution < -0.4 is 10.9 Å². The average molecular weight is 265 g/mol. The molecule has 0 saturated carbocycles.